The number of esters is 1. The van der Waals surface area contributed by atoms with E-state index in [0.717, 1.165) is 16.8 Å². The zero-order chi connectivity index (χ0) is 15.4. The number of para-hydroxylation sites is 1. The second-order valence-electron chi connectivity index (χ2n) is 4.62. The van der Waals surface area contributed by atoms with Crippen molar-refractivity contribution in [3.8, 4) is 5.75 Å². The maximum atomic E-state index is 11.6. The predicted molar refractivity (Wildman–Crippen MR) is 85.7 cm³/mol. The molecule has 2 aromatic rings. The van der Waals surface area contributed by atoms with Crippen LogP contribution in [0, 0.1) is 6.92 Å². The van der Waals surface area contributed by atoms with Gasteiger partial charge in [-0.3, -0.25) is 0 Å². The number of phenols is 1. The second kappa shape index (κ2) is 6.63. The highest BCUT2D eigenvalue weighted by Crippen LogP contribution is 2.28. The molecular weight excluding hydrogens is 334 g/mol. The van der Waals surface area contributed by atoms with Gasteiger partial charge in [0.05, 0.1) is 17.1 Å². The van der Waals surface area contributed by atoms with E-state index in [4.69, 9.17) is 4.74 Å². The summed E-state index contributed by atoms with van der Waals surface area (Å²) < 4.78 is 5.37. The van der Waals surface area contributed by atoms with Crippen LogP contribution in [0.1, 0.15) is 21.5 Å². The Kier molecular flexibility index (Phi) is 4.85. The molecule has 0 heterocycles. The standard InChI is InChI=1S/C16H16BrNO3/c1-10-6-7-11(16(20)21-2)8-14(10)18-9-12-4-3-5-13(17)15(12)19/h3-8,18-19H,9H2,1-2H3. The first-order valence-corrected chi connectivity index (χ1v) is 7.21. The van der Waals surface area contributed by atoms with Crippen LogP contribution in [0.3, 0.4) is 0 Å². The van der Waals surface area contributed by atoms with Gasteiger partial charge in [-0.05, 0) is 46.6 Å². The smallest absolute Gasteiger partial charge is 0.337 e. The van der Waals surface area contributed by atoms with Gasteiger partial charge in [-0.2, -0.15) is 0 Å². The number of aromatic hydroxyl groups is 1. The number of carbonyl (C=O) groups is 1. The number of aryl methyl sites for hydroxylation is 1. The van der Waals surface area contributed by atoms with Crippen molar-refractivity contribution in [1.82, 2.24) is 0 Å². The van der Waals surface area contributed by atoms with E-state index in [-0.39, 0.29) is 11.7 Å². The molecule has 0 atom stereocenters. The van der Waals surface area contributed by atoms with Crippen molar-refractivity contribution in [3.05, 3.63) is 57.6 Å². The molecule has 0 amide bonds. The van der Waals surface area contributed by atoms with Gasteiger partial charge in [-0.15, -0.1) is 0 Å². The van der Waals surface area contributed by atoms with Crippen molar-refractivity contribution in [1.29, 1.82) is 0 Å². The number of rotatable bonds is 4. The second-order valence-corrected chi connectivity index (χ2v) is 5.48. The summed E-state index contributed by atoms with van der Waals surface area (Å²) in [5.41, 5.74) is 3.10. The molecule has 4 nitrogen and oxygen atoms in total. The summed E-state index contributed by atoms with van der Waals surface area (Å²) in [7, 11) is 1.36. The molecule has 5 heteroatoms. The van der Waals surface area contributed by atoms with Gasteiger partial charge in [0, 0.05) is 17.8 Å². The van der Waals surface area contributed by atoms with Crippen molar-refractivity contribution in [2.45, 2.75) is 13.5 Å². The Labute approximate surface area is 131 Å². The Morgan fingerprint density at radius 2 is 2.10 bits per heavy atom. The third-order valence-electron chi connectivity index (χ3n) is 3.20. The average Bonchev–Trinajstić information content (AvgIpc) is 2.49. The summed E-state index contributed by atoms with van der Waals surface area (Å²) in [5, 5.41) is 13.2. The maximum absolute atomic E-state index is 11.6. The van der Waals surface area contributed by atoms with Crippen LogP contribution in [0.15, 0.2) is 40.9 Å². The third kappa shape index (κ3) is 3.55. The van der Waals surface area contributed by atoms with Crippen molar-refractivity contribution < 1.29 is 14.6 Å². The number of benzene rings is 2. The lowest BCUT2D eigenvalue weighted by atomic mass is 10.1. The van der Waals surface area contributed by atoms with E-state index in [1.54, 1.807) is 18.2 Å². The summed E-state index contributed by atoms with van der Waals surface area (Å²) in [6, 6.07) is 10.8. The quantitative estimate of drug-likeness (QED) is 0.822. The number of halogens is 1. The monoisotopic (exact) mass is 349 g/mol. The lowest BCUT2D eigenvalue weighted by molar-refractivity contribution is 0.0601. The van der Waals surface area contributed by atoms with Gasteiger partial charge in [0.1, 0.15) is 5.75 Å². The molecule has 110 valence electrons. The minimum absolute atomic E-state index is 0.215. The lowest BCUT2D eigenvalue weighted by Crippen LogP contribution is -2.05. The van der Waals surface area contributed by atoms with Crippen LogP contribution in [-0.4, -0.2) is 18.2 Å². The van der Waals surface area contributed by atoms with Crippen LogP contribution in [0.25, 0.3) is 0 Å². The van der Waals surface area contributed by atoms with Crippen LogP contribution < -0.4 is 5.32 Å². The van der Waals surface area contributed by atoms with Gasteiger partial charge < -0.3 is 15.2 Å². The van der Waals surface area contributed by atoms with Crippen LogP contribution in [0.2, 0.25) is 0 Å². The van der Waals surface area contributed by atoms with Gasteiger partial charge in [-0.25, -0.2) is 4.79 Å². The highest BCUT2D eigenvalue weighted by Gasteiger charge is 2.09. The molecule has 0 radical (unpaired) electrons. The molecule has 2 aromatic carbocycles. The molecule has 0 bridgehead atoms. The van der Waals surface area contributed by atoms with Gasteiger partial charge in [0.25, 0.3) is 0 Å². The molecule has 2 N–H and O–H groups in total. The Morgan fingerprint density at radius 1 is 1.33 bits per heavy atom. The Bertz CT molecular complexity index is 671. The number of carbonyl (C=O) groups excluding carboxylic acids is 1. The molecule has 0 saturated carbocycles. The van der Waals surface area contributed by atoms with E-state index in [1.165, 1.54) is 7.11 Å². The summed E-state index contributed by atoms with van der Waals surface area (Å²) in [6.07, 6.45) is 0. The summed E-state index contributed by atoms with van der Waals surface area (Å²) >= 11 is 3.29. The van der Waals surface area contributed by atoms with Crippen molar-refractivity contribution in [3.63, 3.8) is 0 Å². The van der Waals surface area contributed by atoms with Crippen LogP contribution >= 0.6 is 15.9 Å². The molecule has 21 heavy (non-hydrogen) atoms. The van der Waals surface area contributed by atoms with E-state index < -0.39 is 0 Å². The van der Waals surface area contributed by atoms with Gasteiger partial charge in [0.15, 0.2) is 0 Å². The lowest BCUT2D eigenvalue weighted by Gasteiger charge is -2.12. The number of anilines is 1. The Hall–Kier alpha value is -2.01. The summed E-state index contributed by atoms with van der Waals surface area (Å²) in [5.74, 6) is -0.157. The molecule has 0 aliphatic carbocycles. The highest BCUT2D eigenvalue weighted by atomic mass is 79.9. The molecule has 0 aliphatic rings. The number of ether oxygens (including phenoxy) is 1. The minimum Gasteiger partial charge on any atom is -0.506 e. The molecule has 0 fully saturated rings. The van der Waals surface area contributed by atoms with Gasteiger partial charge >= 0.3 is 5.97 Å². The van der Waals surface area contributed by atoms with Crippen molar-refractivity contribution >= 4 is 27.6 Å². The third-order valence-corrected chi connectivity index (χ3v) is 3.84. The molecule has 0 unspecified atom stereocenters. The van der Waals surface area contributed by atoms with E-state index in [0.29, 0.717) is 16.6 Å². The molecule has 0 saturated heterocycles. The van der Waals surface area contributed by atoms with Crippen LogP contribution in [0.5, 0.6) is 5.75 Å². The van der Waals surface area contributed by atoms with Gasteiger partial charge in [-0.1, -0.05) is 18.2 Å². The van der Waals surface area contributed by atoms with Crippen LogP contribution in [0.4, 0.5) is 5.69 Å². The zero-order valence-corrected chi connectivity index (χ0v) is 13.4. The minimum atomic E-state index is -0.372. The predicted octanol–water partition coefficient (Wildman–Crippen LogP) is 3.86. The van der Waals surface area contributed by atoms with E-state index in [2.05, 4.69) is 21.2 Å². The first-order chi connectivity index (χ1) is 10.0. The van der Waals surface area contributed by atoms with Crippen molar-refractivity contribution in [2.75, 3.05) is 12.4 Å². The molecule has 0 aliphatic heterocycles. The van der Waals surface area contributed by atoms with E-state index in [1.807, 2.05) is 25.1 Å². The fourth-order valence-corrected chi connectivity index (χ4v) is 2.36. The van der Waals surface area contributed by atoms with Gasteiger partial charge in [0.2, 0.25) is 0 Å². The number of phenolic OH excluding ortho intramolecular Hbond substituents is 1. The molecule has 0 spiro atoms. The number of nitrogens with one attached hydrogen (secondary N) is 1. The topological polar surface area (TPSA) is 58.6 Å². The molecular formula is C16H16BrNO3. The van der Waals surface area contributed by atoms with Crippen molar-refractivity contribution in [2.24, 2.45) is 0 Å². The summed E-state index contributed by atoms with van der Waals surface area (Å²) in [6.45, 7) is 2.40. The maximum Gasteiger partial charge on any atom is 0.337 e. The number of methoxy groups -OCH3 is 1. The fraction of sp³-hybridized carbons (Fsp3) is 0.188. The average molecular weight is 350 g/mol. The largest absolute Gasteiger partial charge is 0.506 e. The number of hydrogen-bond acceptors (Lipinski definition) is 4. The Balaban J connectivity index is 2.19. The summed E-state index contributed by atoms with van der Waals surface area (Å²) in [4.78, 5) is 11.6. The molecule has 2 rings (SSSR count). The SMILES string of the molecule is COC(=O)c1ccc(C)c(NCc2cccc(Br)c2O)c1. The normalized spacial score (nSPS) is 10.2. The first kappa shape index (κ1) is 15.4. The number of hydrogen-bond donors (Lipinski definition) is 2. The Morgan fingerprint density at radius 3 is 2.81 bits per heavy atom. The highest BCUT2D eigenvalue weighted by molar-refractivity contribution is 9.10. The van der Waals surface area contributed by atoms with E-state index in [9.17, 15) is 9.90 Å². The van der Waals surface area contributed by atoms with Crippen LogP contribution in [-0.2, 0) is 11.3 Å². The zero-order valence-electron chi connectivity index (χ0n) is 11.8. The van der Waals surface area contributed by atoms with E-state index >= 15 is 0 Å². The first-order valence-electron chi connectivity index (χ1n) is 6.42. The fourth-order valence-electron chi connectivity index (χ4n) is 1.95. The molecule has 0 aromatic heterocycles.